The molecule has 114 valence electrons. The van der Waals surface area contributed by atoms with Crippen LogP contribution in [0.2, 0.25) is 0 Å². The predicted octanol–water partition coefficient (Wildman–Crippen LogP) is 3.73. The number of hydrogen-bond donors (Lipinski definition) is 0. The number of nitro groups is 1. The van der Waals surface area contributed by atoms with Crippen LogP contribution in [0.1, 0.15) is 18.1 Å². The summed E-state index contributed by atoms with van der Waals surface area (Å²) in [5.74, 6) is 0. The first-order valence-electron chi connectivity index (χ1n) is 7.47. The predicted molar refractivity (Wildman–Crippen MR) is 86.6 cm³/mol. The third-order valence-electron chi connectivity index (χ3n) is 4.25. The van der Waals surface area contributed by atoms with Gasteiger partial charge in [-0.15, -0.1) is 0 Å². The SMILES string of the molecule is CCO[C@]1([N+](=O)[O-])c2ccccc2-c2nc3ccccc3cc21. The molecule has 0 unspecified atom stereocenters. The van der Waals surface area contributed by atoms with E-state index in [-0.39, 0.29) is 11.5 Å². The van der Waals surface area contributed by atoms with Crippen molar-refractivity contribution in [2.45, 2.75) is 12.6 Å². The maximum absolute atomic E-state index is 12.0. The van der Waals surface area contributed by atoms with Crippen LogP contribution in [-0.4, -0.2) is 16.5 Å². The second-order valence-electron chi connectivity index (χ2n) is 5.46. The monoisotopic (exact) mass is 306 g/mol. The van der Waals surface area contributed by atoms with Gasteiger partial charge in [0.15, 0.2) is 0 Å². The molecule has 5 nitrogen and oxygen atoms in total. The fourth-order valence-corrected chi connectivity index (χ4v) is 3.32. The van der Waals surface area contributed by atoms with Gasteiger partial charge >= 0.3 is 5.72 Å². The maximum atomic E-state index is 12.0. The van der Waals surface area contributed by atoms with E-state index in [1.807, 2.05) is 42.5 Å². The fourth-order valence-electron chi connectivity index (χ4n) is 3.32. The number of nitrogens with zero attached hydrogens (tertiary/aromatic N) is 2. The van der Waals surface area contributed by atoms with Gasteiger partial charge in [0.05, 0.1) is 33.9 Å². The van der Waals surface area contributed by atoms with Crippen molar-refractivity contribution in [3.05, 3.63) is 75.8 Å². The number of benzene rings is 2. The summed E-state index contributed by atoms with van der Waals surface area (Å²) in [6.07, 6.45) is 0. The summed E-state index contributed by atoms with van der Waals surface area (Å²) in [4.78, 5) is 16.4. The van der Waals surface area contributed by atoms with E-state index in [9.17, 15) is 10.1 Å². The summed E-state index contributed by atoms with van der Waals surface area (Å²) >= 11 is 0. The van der Waals surface area contributed by atoms with E-state index in [1.165, 1.54) is 0 Å². The molecule has 23 heavy (non-hydrogen) atoms. The lowest BCUT2D eigenvalue weighted by Crippen LogP contribution is -2.37. The minimum Gasteiger partial charge on any atom is -0.307 e. The summed E-state index contributed by atoms with van der Waals surface area (Å²) in [6, 6.07) is 16.7. The molecule has 4 rings (SSSR count). The molecule has 0 N–H and O–H groups in total. The highest BCUT2D eigenvalue weighted by Crippen LogP contribution is 2.49. The second kappa shape index (κ2) is 4.86. The van der Waals surface area contributed by atoms with Crippen molar-refractivity contribution in [2.75, 3.05) is 6.61 Å². The lowest BCUT2D eigenvalue weighted by Gasteiger charge is -2.22. The van der Waals surface area contributed by atoms with Gasteiger partial charge in [0.1, 0.15) is 0 Å². The van der Waals surface area contributed by atoms with Gasteiger partial charge in [-0.05, 0) is 25.1 Å². The van der Waals surface area contributed by atoms with Crippen LogP contribution >= 0.6 is 0 Å². The smallest absolute Gasteiger partial charge is 0.307 e. The molecular weight excluding hydrogens is 292 g/mol. The van der Waals surface area contributed by atoms with Crippen molar-refractivity contribution in [3.63, 3.8) is 0 Å². The quantitative estimate of drug-likeness (QED) is 0.420. The summed E-state index contributed by atoms with van der Waals surface area (Å²) in [5, 5.41) is 12.9. The molecule has 1 aromatic heterocycles. The number of para-hydroxylation sites is 1. The molecule has 0 amide bonds. The molecule has 2 aromatic carbocycles. The molecule has 1 aliphatic carbocycles. The molecule has 3 aromatic rings. The molecule has 0 fully saturated rings. The zero-order valence-electron chi connectivity index (χ0n) is 12.5. The molecule has 0 aliphatic heterocycles. The maximum Gasteiger partial charge on any atom is 0.380 e. The Bertz CT molecular complexity index is 938. The fraction of sp³-hybridized carbons (Fsp3) is 0.167. The lowest BCUT2D eigenvalue weighted by molar-refractivity contribution is -0.625. The van der Waals surface area contributed by atoms with E-state index in [1.54, 1.807) is 19.1 Å². The van der Waals surface area contributed by atoms with E-state index in [4.69, 9.17) is 4.74 Å². The Labute approximate surface area is 132 Å². The van der Waals surface area contributed by atoms with Crippen molar-refractivity contribution in [3.8, 4) is 11.3 Å². The number of pyridine rings is 1. The van der Waals surface area contributed by atoms with E-state index in [2.05, 4.69) is 4.98 Å². The van der Waals surface area contributed by atoms with Crippen molar-refractivity contribution < 1.29 is 9.66 Å². The van der Waals surface area contributed by atoms with Crippen molar-refractivity contribution >= 4 is 10.9 Å². The molecular formula is C18H14N2O3. The Balaban J connectivity index is 2.14. The van der Waals surface area contributed by atoms with Crippen LogP contribution in [0.4, 0.5) is 0 Å². The third-order valence-corrected chi connectivity index (χ3v) is 4.25. The van der Waals surface area contributed by atoms with Crippen LogP contribution in [0.3, 0.4) is 0 Å². The topological polar surface area (TPSA) is 65.3 Å². The molecule has 5 heteroatoms. The van der Waals surface area contributed by atoms with Gasteiger partial charge in [-0.3, -0.25) is 10.1 Å². The van der Waals surface area contributed by atoms with E-state index < -0.39 is 5.72 Å². The van der Waals surface area contributed by atoms with E-state index >= 15 is 0 Å². The van der Waals surface area contributed by atoms with Gasteiger partial charge in [0, 0.05) is 10.9 Å². The van der Waals surface area contributed by atoms with Gasteiger partial charge in [-0.25, -0.2) is 4.98 Å². The zero-order valence-corrected chi connectivity index (χ0v) is 12.5. The summed E-state index contributed by atoms with van der Waals surface area (Å²) < 4.78 is 5.71. The van der Waals surface area contributed by atoms with Crippen LogP contribution in [0.15, 0.2) is 54.6 Å². The van der Waals surface area contributed by atoms with Crippen LogP contribution in [0, 0.1) is 10.1 Å². The average Bonchev–Trinajstić information content (AvgIpc) is 2.84. The van der Waals surface area contributed by atoms with Gasteiger partial charge in [0.25, 0.3) is 0 Å². The molecule has 0 radical (unpaired) electrons. The number of hydrogen-bond acceptors (Lipinski definition) is 4. The summed E-state index contributed by atoms with van der Waals surface area (Å²) in [6.45, 7) is 2.00. The lowest BCUT2D eigenvalue weighted by atomic mass is 10.0. The van der Waals surface area contributed by atoms with Gasteiger partial charge in [-0.1, -0.05) is 36.4 Å². The highest BCUT2D eigenvalue weighted by molar-refractivity contribution is 5.87. The first-order valence-corrected chi connectivity index (χ1v) is 7.47. The molecule has 0 spiro atoms. The highest BCUT2D eigenvalue weighted by Gasteiger charge is 2.56. The van der Waals surface area contributed by atoms with Gasteiger partial charge in [0.2, 0.25) is 0 Å². The van der Waals surface area contributed by atoms with Gasteiger partial charge in [-0.2, -0.15) is 0 Å². The minimum absolute atomic E-state index is 0.238. The normalized spacial score (nSPS) is 18.7. The molecule has 0 saturated heterocycles. The average molecular weight is 306 g/mol. The summed E-state index contributed by atoms with van der Waals surface area (Å²) in [5.41, 5.74) is 1.58. The number of fused-ring (bicyclic) bond motifs is 4. The van der Waals surface area contributed by atoms with Crippen LogP contribution in [0.5, 0.6) is 0 Å². The Kier molecular flexibility index (Phi) is 2.92. The van der Waals surface area contributed by atoms with Crippen LogP contribution in [0.25, 0.3) is 22.2 Å². The van der Waals surface area contributed by atoms with Crippen LogP contribution < -0.4 is 0 Å². The standard InChI is InChI=1S/C18H14N2O3/c1-2-23-18(20(21)22)14-9-5-4-8-13(14)17-15(18)11-12-7-3-6-10-16(12)19-17/h3-11H,2H2,1H3/t18-/m1/s1. The highest BCUT2D eigenvalue weighted by atomic mass is 16.7. The Morgan fingerprint density at radius 2 is 1.87 bits per heavy atom. The Hall–Kier alpha value is -2.79. The van der Waals surface area contributed by atoms with E-state index in [0.29, 0.717) is 16.8 Å². The molecule has 0 saturated carbocycles. The van der Waals surface area contributed by atoms with E-state index in [0.717, 1.165) is 16.5 Å². The molecule has 0 bridgehead atoms. The van der Waals surface area contributed by atoms with Crippen molar-refractivity contribution in [2.24, 2.45) is 0 Å². The minimum atomic E-state index is -1.68. The van der Waals surface area contributed by atoms with Gasteiger partial charge < -0.3 is 4.74 Å². The first-order chi connectivity index (χ1) is 11.2. The number of rotatable bonds is 3. The van der Waals surface area contributed by atoms with Crippen LogP contribution in [-0.2, 0) is 10.5 Å². The largest absolute Gasteiger partial charge is 0.380 e. The van der Waals surface area contributed by atoms with Crippen molar-refractivity contribution in [1.82, 2.24) is 4.98 Å². The molecule has 1 heterocycles. The van der Waals surface area contributed by atoms with Crippen molar-refractivity contribution in [1.29, 1.82) is 0 Å². The molecule has 1 atom stereocenters. The number of ether oxygens (including phenoxy) is 1. The molecule has 1 aliphatic rings. The third kappa shape index (κ3) is 1.74. The first kappa shape index (κ1) is 13.8. The second-order valence-corrected chi connectivity index (χ2v) is 5.46. The summed E-state index contributed by atoms with van der Waals surface area (Å²) in [7, 11) is 0. The Morgan fingerprint density at radius 1 is 1.13 bits per heavy atom. The Morgan fingerprint density at radius 3 is 2.65 bits per heavy atom. The zero-order chi connectivity index (χ0) is 16.0. The number of aromatic nitrogens is 1.